The minimum Gasteiger partial charge on any atom is -0.270 e. The lowest BCUT2D eigenvalue weighted by Gasteiger charge is -2.14. The highest BCUT2D eigenvalue weighted by Crippen LogP contribution is 2.39. The van der Waals surface area contributed by atoms with E-state index in [1.165, 1.54) is 4.90 Å². The minimum atomic E-state index is -0.258. The summed E-state index contributed by atoms with van der Waals surface area (Å²) in [5.74, 6) is -0.514. The third-order valence-corrected chi connectivity index (χ3v) is 5.11. The third-order valence-electron chi connectivity index (χ3n) is 5.11. The van der Waals surface area contributed by atoms with Gasteiger partial charge >= 0.3 is 0 Å². The zero-order valence-electron chi connectivity index (χ0n) is 15.0. The zero-order valence-corrected chi connectivity index (χ0v) is 15.0. The topological polar surface area (TPSA) is 50.3 Å². The van der Waals surface area contributed by atoms with Gasteiger partial charge in [-0.05, 0) is 34.0 Å². The van der Waals surface area contributed by atoms with Crippen LogP contribution in [0.2, 0.25) is 0 Å². The van der Waals surface area contributed by atoms with Crippen molar-refractivity contribution < 1.29 is 9.59 Å². The molecule has 2 amide bonds. The Morgan fingerprint density at radius 1 is 0.786 bits per heavy atom. The molecule has 134 valence electrons. The quantitative estimate of drug-likeness (QED) is 0.495. The van der Waals surface area contributed by atoms with Gasteiger partial charge in [0.1, 0.15) is 0 Å². The van der Waals surface area contributed by atoms with Crippen molar-refractivity contribution in [2.24, 2.45) is 0 Å². The minimum absolute atomic E-state index is 0.213. The number of fused-ring (bicyclic) bond motifs is 2. The number of hydrogen-bond donors (Lipinski definition) is 0. The smallest absolute Gasteiger partial charge is 0.262 e. The Bertz CT molecular complexity index is 1220. The van der Waals surface area contributed by atoms with Gasteiger partial charge in [-0.3, -0.25) is 19.5 Å². The number of aromatic nitrogens is 1. The van der Waals surface area contributed by atoms with Crippen LogP contribution in [0, 0.1) is 0 Å². The summed E-state index contributed by atoms with van der Waals surface area (Å²) in [5, 5.41) is 1.92. The van der Waals surface area contributed by atoms with Crippen molar-refractivity contribution in [1.82, 2.24) is 9.88 Å². The molecule has 0 saturated carbocycles. The molecule has 0 radical (unpaired) electrons. The number of nitrogens with zero attached hydrogens (tertiary/aromatic N) is 2. The maximum Gasteiger partial charge on any atom is 0.262 e. The number of carbonyl (C=O) groups is 2. The first-order chi connectivity index (χ1) is 13.7. The third kappa shape index (κ3) is 2.50. The predicted octanol–water partition coefficient (Wildman–Crippen LogP) is 4.70. The van der Waals surface area contributed by atoms with Gasteiger partial charge in [0.05, 0.1) is 17.7 Å². The molecule has 0 fully saturated rings. The van der Waals surface area contributed by atoms with Crippen molar-refractivity contribution in [2.75, 3.05) is 0 Å². The van der Waals surface area contributed by atoms with Crippen LogP contribution < -0.4 is 0 Å². The van der Waals surface area contributed by atoms with Crippen LogP contribution in [0.3, 0.4) is 0 Å². The molecule has 0 spiro atoms. The van der Waals surface area contributed by atoms with Gasteiger partial charge in [0.15, 0.2) is 0 Å². The summed E-state index contributed by atoms with van der Waals surface area (Å²) in [6, 6.07) is 23.2. The molecule has 5 rings (SSSR count). The Morgan fingerprint density at radius 2 is 1.57 bits per heavy atom. The molecule has 28 heavy (non-hydrogen) atoms. The van der Waals surface area contributed by atoms with Crippen LogP contribution in [0.25, 0.3) is 21.9 Å². The molecule has 0 unspecified atom stereocenters. The van der Waals surface area contributed by atoms with Gasteiger partial charge in [0.25, 0.3) is 11.8 Å². The van der Waals surface area contributed by atoms with E-state index in [-0.39, 0.29) is 18.4 Å². The van der Waals surface area contributed by atoms with Crippen LogP contribution in [0.15, 0.2) is 85.2 Å². The van der Waals surface area contributed by atoms with Gasteiger partial charge in [-0.25, -0.2) is 0 Å². The van der Waals surface area contributed by atoms with Crippen LogP contribution in [-0.2, 0) is 6.54 Å². The molecule has 0 bridgehead atoms. The molecule has 0 saturated heterocycles. The summed E-state index contributed by atoms with van der Waals surface area (Å²) in [6.07, 6.45) is 3.35. The number of pyridine rings is 1. The van der Waals surface area contributed by atoms with E-state index in [0.29, 0.717) is 11.1 Å². The average molecular weight is 364 g/mol. The van der Waals surface area contributed by atoms with Crippen molar-refractivity contribution in [3.05, 3.63) is 102 Å². The molecule has 2 heterocycles. The molecule has 4 nitrogen and oxygen atoms in total. The zero-order chi connectivity index (χ0) is 19.1. The van der Waals surface area contributed by atoms with Gasteiger partial charge in [-0.2, -0.15) is 0 Å². The molecular weight excluding hydrogens is 348 g/mol. The Labute approximate surface area is 162 Å². The molecule has 0 aliphatic carbocycles. The predicted molar refractivity (Wildman–Crippen MR) is 108 cm³/mol. The number of hydrogen-bond acceptors (Lipinski definition) is 3. The van der Waals surface area contributed by atoms with Crippen LogP contribution in [0.5, 0.6) is 0 Å². The first-order valence-electron chi connectivity index (χ1n) is 9.10. The van der Waals surface area contributed by atoms with Crippen molar-refractivity contribution in [3.63, 3.8) is 0 Å². The lowest BCUT2D eigenvalue weighted by Crippen LogP contribution is -2.29. The highest BCUT2D eigenvalue weighted by molar-refractivity contribution is 6.27. The number of benzene rings is 3. The second-order valence-electron chi connectivity index (χ2n) is 6.82. The number of rotatable bonds is 3. The van der Waals surface area contributed by atoms with Crippen LogP contribution in [-0.4, -0.2) is 21.7 Å². The van der Waals surface area contributed by atoms with E-state index in [9.17, 15) is 9.59 Å². The van der Waals surface area contributed by atoms with E-state index < -0.39 is 0 Å². The van der Waals surface area contributed by atoms with Crippen molar-refractivity contribution in [2.45, 2.75) is 6.54 Å². The van der Waals surface area contributed by atoms with Gasteiger partial charge < -0.3 is 0 Å². The highest BCUT2D eigenvalue weighted by Gasteiger charge is 2.38. The van der Waals surface area contributed by atoms with Gasteiger partial charge in [-0.1, -0.05) is 60.7 Å². The summed E-state index contributed by atoms with van der Waals surface area (Å²) < 4.78 is 0. The van der Waals surface area contributed by atoms with E-state index in [0.717, 1.165) is 27.5 Å². The van der Waals surface area contributed by atoms with Gasteiger partial charge in [0, 0.05) is 18.0 Å². The fourth-order valence-corrected chi connectivity index (χ4v) is 3.83. The fraction of sp³-hybridized carbons (Fsp3) is 0.0417. The number of amides is 2. The van der Waals surface area contributed by atoms with Crippen LogP contribution >= 0.6 is 0 Å². The normalized spacial score (nSPS) is 13.2. The molecular formula is C24H16N2O2. The molecule has 1 aromatic heterocycles. The SMILES string of the molecule is O=C1c2cc3ccccc3c(-c3ccccc3)c2C(=O)N1Cc1cccnc1. The molecule has 4 aromatic rings. The summed E-state index contributed by atoms with van der Waals surface area (Å²) in [6.45, 7) is 0.213. The second-order valence-corrected chi connectivity index (χ2v) is 6.82. The standard InChI is InChI=1S/C24H16N2O2/c27-23-20-13-18-10-4-5-11-19(18)21(17-8-2-1-3-9-17)22(20)24(28)26(23)15-16-7-6-12-25-14-16/h1-14H,15H2. The largest absolute Gasteiger partial charge is 0.270 e. The summed E-state index contributed by atoms with van der Waals surface area (Å²) >= 11 is 0. The van der Waals surface area contributed by atoms with E-state index in [1.54, 1.807) is 18.5 Å². The Balaban J connectivity index is 1.73. The Kier molecular flexibility index (Phi) is 3.76. The van der Waals surface area contributed by atoms with E-state index in [2.05, 4.69) is 4.98 Å². The molecule has 3 aromatic carbocycles. The maximum absolute atomic E-state index is 13.3. The van der Waals surface area contributed by atoms with Crippen molar-refractivity contribution in [1.29, 1.82) is 0 Å². The van der Waals surface area contributed by atoms with E-state index in [4.69, 9.17) is 0 Å². The molecule has 1 aliphatic heterocycles. The first-order valence-corrected chi connectivity index (χ1v) is 9.10. The van der Waals surface area contributed by atoms with Crippen LogP contribution in [0.4, 0.5) is 0 Å². The number of imide groups is 1. The van der Waals surface area contributed by atoms with E-state index >= 15 is 0 Å². The van der Waals surface area contributed by atoms with E-state index in [1.807, 2.05) is 66.7 Å². The molecule has 4 heteroatoms. The molecule has 0 atom stereocenters. The van der Waals surface area contributed by atoms with Gasteiger partial charge in [-0.15, -0.1) is 0 Å². The lowest BCUT2D eigenvalue weighted by atomic mass is 9.90. The summed E-state index contributed by atoms with van der Waals surface area (Å²) in [4.78, 5) is 31.9. The van der Waals surface area contributed by atoms with Gasteiger partial charge in [0.2, 0.25) is 0 Å². The lowest BCUT2D eigenvalue weighted by molar-refractivity contribution is 0.0642. The summed E-state index contributed by atoms with van der Waals surface area (Å²) in [5.41, 5.74) is 3.52. The van der Waals surface area contributed by atoms with Crippen molar-refractivity contribution in [3.8, 4) is 11.1 Å². The first kappa shape index (κ1) is 16.4. The summed E-state index contributed by atoms with van der Waals surface area (Å²) in [7, 11) is 0. The second kappa shape index (κ2) is 6.43. The monoisotopic (exact) mass is 364 g/mol. The van der Waals surface area contributed by atoms with Crippen molar-refractivity contribution >= 4 is 22.6 Å². The molecule has 0 N–H and O–H groups in total. The highest BCUT2D eigenvalue weighted by atomic mass is 16.2. The van der Waals surface area contributed by atoms with Crippen LogP contribution in [0.1, 0.15) is 26.3 Å². The molecule has 1 aliphatic rings. The Hall–Kier alpha value is -3.79. The number of carbonyl (C=O) groups excluding carboxylic acids is 2. The Morgan fingerprint density at radius 3 is 2.36 bits per heavy atom. The fourth-order valence-electron chi connectivity index (χ4n) is 3.83. The average Bonchev–Trinajstić information content (AvgIpc) is 2.98. The maximum atomic E-state index is 13.3.